The lowest BCUT2D eigenvalue weighted by molar-refractivity contribution is -0.143. The number of carbonyl (C=O) groups is 1. The Kier molecular flexibility index (Phi) is 8.60. The Morgan fingerprint density at radius 2 is 1.84 bits per heavy atom. The van der Waals surface area contributed by atoms with Gasteiger partial charge in [-0.15, -0.1) is 4.91 Å². The van der Waals surface area contributed by atoms with Crippen LogP contribution in [0.2, 0.25) is 10.0 Å². The molecule has 0 aromatic heterocycles. The van der Waals surface area contributed by atoms with Gasteiger partial charge in [0.1, 0.15) is 0 Å². The number of nitroso groups, excluding NO2 is 1. The van der Waals surface area contributed by atoms with Crippen molar-refractivity contribution in [1.82, 2.24) is 4.90 Å². The third-order valence-electron chi connectivity index (χ3n) is 5.52. The highest BCUT2D eigenvalue weighted by molar-refractivity contribution is 7.99. The van der Waals surface area contributed by atoms with Crippen molar-refractivity contribution in [2.24, 2.45) is 4.58 Å². The molecule has 31 heavy (non-hydrogen) atoms. The van der Waals surface area contributed by atoms with E-state index in [4.69, 9.17) is 27.9 Å². The summed E-state index contributed by atoms with van der Waals surface area (Å²) in [7, 11) is 2.06. The minimum absolute atomic E-state index is 0.111. The Morgan fingerprint density at radius 3 is 2.52 bits per heavy atom. The molecule has 0 saturated carbocycles. The van der Waals surface area contributed by atoms with Gasteiger partial charge in [0.15, 0.2) is 0 Å². The molecule has 9 heteroatoms. The van der Waals surface area contributed by atoms with Crippen LogP contribution >= 0.6 is 35.1 Å². The molecule has 0 atom stereocenters. The number of rotatable bonds is 9. The fourth-order valence-corrected chi connectivity index (χ4v) is 4.79. The Morgan fingerprint density at radius 1 is 1.16 bits per heavy atom. The number of halogens is 2. The molecular formula is C22H25Cl2N3O3S. The van der Waals surface area contributed by atoms with E-state index in [1.165, 1.54) is 0 Å². The van der Waals surface area contributed by atoms with Crippen molar-refractivity contribution < 1.29 is 9.53 Å². The molecule has 0 spiro atoms. The van der Waals surface area contributed by atoms with Crippen LogP contribution in [0.3, 0.4) is 0 Å². The summed E-state index contributed by atoms with van der Waals surface area (Å²) in [5.74, 6) is -0.327. The average molecular weight is 482 g/mol. The number of anilines is 2. The van der Waals surface area contributed by atoms with E-state index >= 15 is 0 Å². The smallest absolute Gasteiger partial charge is 0.310 e. The van der Waals surface area contributed by atoms with Gasteiger partial charge in [-0.2, -0.15) is 0 Å². The van der Waals surface area contributed by atoms with Gasteiger partial charge in [-0.05, 0) is 63.2 Å². The quantitative estimate of drug-likeness (QED) is 0.265. The molecule has 0 amide bonds. The second kappa shape index (κ2) is 11.2. The standard InChI is InChI=1S/C22H25Cl2N3O3S/c1-27-12-9-22(10-13-27,31-26-29)11-14-30-20(28)15-16-5-2-3-8-19(16)25-21-17(23)6-4-7-18(21)24/h2-8,25H,9-15H2,1H3. The average Bonchev–Trinajstić information content (AvgIpc) is 2.74. The van der Waals surface area contributed by atoms with Crippen LogP contribution in [0, 0.1) is 4.91 Å². The Balaban J connectivity index is 1.59. The highest BCUT2D eigenvalue weighted by Gasteiger charge is 2.35. The molecule has 2 aromatic rings. The summed E-state index contributed by atoms with van der Waals surface area (Å²) in [4.78, 5) is 25.6. The second-order valence-electron chi connectivity index (χ2n) is 7.68. The van der Waals surface area contributed by atoms with E-state index in [-0.39, 0.29) is 23.7 Å². The number of hydrogen-bond acceptors (Lipinski definition) is 7. The van der Waals surface area contributed by atoms with E-state index in [0.29, 0.717) is 22.2 Å². The van der Waals surface area contributed by atoms with Gasteiger partial charge in [-0.25, -0.2) is 0 Å². The SMILES string of the molecule is CN1CCC(CCOC(=O)Cc2ccccc2Nc2c(Cl)cccc2Cl)(SN=O)CC1. The zero-order valence-corrected chi connectivity index (χ0v) is 19.6. The molecule has 3 rings (SSSR count). The molecule has 166 valence electrons. The maximum absolute atomic E-state index is 12.5. The highest BCUT2D eigenvalue weighted by atomic mass is 35.5. The number of esters is 1. The Hall–Kier alpha value is -1.80. The molecule has 0 aliphatic carbocycles. The summed E-state index contributed by atoms with van der Waals surface area (Å²) >= 11 is 13.6. The van der Waals surface area contributed by atoms with Crippen LogP contribution in [-0.4, -0.2) is 42.4 Å². The van der Waals surface area contributed by atoms with Gasteiger partial charge >= 0.3 is 5.97 Å². The maximum atomic E-state index is 12.5. The van der Waals surface area contributed by atoms with Crippen molar-refractivity contribution in [2.75, 3.05) is 32.1 Å². The minimum Gasteiger partial charge on any atom is -0.465 e. The molecule has 0 radical (unpaired) electrons. The van der Waals surface area contributed by atoms with E-state index < -0.39 is 0 Å². The summed E-state index contributed by atoms with van der Waals surface area (Å²) in [6.07, 6.45) is 2.42. The van der Waals surface area contributed by atoms with Crippen molar-refractivity contribution in [3.8, 4) is 0 Å². The number of ether oxygens (including phenoxy) is 1. The van der Waals surface area contributed by atoms with E-state index in [2.05, 4.69) is 21.8 Å². The first kappa shape index (κ1) is 23.9. The number of carbonyl (C=O) groups excluding carboxylic acids is 1. The van der Waals surface area contributed by atoms with Crippen LogP contribution < -0.4 is 5.32 Å². The third-order valence-corrected chi connectivity index (χ3v) is 7.23. The highest BCUT2D eigenvalue weighted by Crippen LogP contribution is 2.39. The van der Waals surface area contributed by atoms with Gasteiger partial charge in [0.2, 0.25) is 0 Å². The molecule has 0 unspecified atom stereocenters. The third kappa shape index (κ3) is 6.59. The molecule has 2 aromatic carbocycles. The Labute approximate surface area is 196 Å². The van der Waals surface area contributed by atoms with Crippen molar-refractivity contribution in [3.05, 3.63) is 63.0 Å². The van der Waals surface area contributed by atoms with Gasteiger partial charge in [-0.3, -0.25) is 4.79 Å². The summed E-state index contributed by atoms with van der Waals surface area (Å²) in [6, 6.07) is 12.7. The zero-order valence-electron chi connectivity index (χ0n) is 17.3. The molecule has 1 aliphatic rings. The number of piperidine rings is 1. The van der Waals surface area contributed by atoms with Gasteiger partial charge in [0.25, 0.3) is 0 Å². The fourth-order valence-electron chi connectivity index (χ4n) is 3.60. The molecule has 6 nitrogen and oxygen atoms in total. The first-order valence-corrected chi connectivity index (χ1v) is 11.6. The van der Waals surface area contributed by atoms with E-state index in [0.717, 1.165) is 49.1 Å². The lowest BCUT2D eigenvalue weighted by Gasteiger charge is -2.37. The van der Waals surface area contributed by atoms with Crippen LogP contribution in [0.5, 0.6) is 0 Å². The van der Waals surface area contributed by atoms with Crippen molar-refractivity contribution in [1.29, 1.82) is 0 Å². The monoisotopic (exact) mass is 481 g/mol. The van der Waals surface area contributed by atoms with Crippen LogP contribution in [-0.2, 0) is 16.0 Å². The van der Waals surface area contributed by atoms with Crippen LogP contribution in [0.15, 0.2) is 47.0 Å². The van der Waals surface area contributed by atoms with Gasteiger partial charge < -0.3 is 15.0 Å². The first-order valence-electron chi connectivity index (χ1n) is 10.1. The predicted molar refractivity (Wildman–Crippen MR) is 128 cm³/mol. The maximum Gasteiger partial charge on any atom is 0.310 e. The normalized spacial score (nSPS) is 16.0. The molecule has 1 saturated heterocycles. The second-order valence-corrected chi connectivity index (χ2v) is 9.69. The molecular weight excluding hydrogens is 457 g/mol. The van der Waals surface area contributed by atoms with Crippen LogP contribution in [0.25, 0.3) is 0 Å². The number of likely N-dealkylation sites (tertiary alicyclic amines) is 1. The summed E-state index contributed by atoms with van der Waals surface area (Å²) < 4.78 is 8.32. The predicted octanol–water partition coefficient (Wildman–Crippen LogP) is 6.09. The minimum atomic E-state index is -0.327. The fraction of sp³-hybridized carbons (Fsp3) is 0.409. The van der Waals surface area contributed by atoms with Crippen LogP contribution in [0.1, 0.15) is 24.8 Å². The number of nitrogens with zero attached hydrogens (tertiary/aromatic N) is 2. The number of nitrogens with one attached hydrogen (secondary N) is 1. The molecule has 1 fully saturated rings. The lowest BCUT2D eigenvalue weighted by atomic mass is 9.93. The van der Waals surface area contributed by atoms with Crippen molar-refractivity contribution in [3.63, 3.8) is 0 Å². The lowest BCUT2D eigenvalue weighted by Crippen LogP contribution is -2.41. The van der Waals surface area contributed by atoms with Crippen molar-refractivity contribution in [2.45, 2.75) is 30.4 Å². The molecule has 1 heterocycles. The van der Waals surface area contributed by atoms with E-state index in [1.54, 1.807) is 18.2 Å². The Bertz CT molecular complexity index is 900. The number of para-hydroxylation sites is 2. The molecule has 1 N–H and O–H groups in total. The van der Waals surface area contributed by atoms with E-state index in [9.17, 15) is 9.70 Å². The summed E-state index contributed by atoms with van der Waals surface area (Å²) in [5.41, 5.74) is 2.11. The number of benzene rings is 2. The largest absolute Gasteiger partial charge is 0.465 e. The van der Waals surface area contributed by atoms with Gasteiger partial charge in [0, 0.05) is 27.0 Å². The topological polar surface area (TPSA) is 71.0 Å². The molecule has 1 aliphatic heterocycles. The van der Waals surface area contributed by atoms with Gasteiger partial charge in [0.05, 0.1) is 28.8 Å². The van der Waals surface area contributed by atoms with E-state index in [1.807, 2.05) is 24.3 Å². The summed E-state index contributed by atoms with van der Waals surface area (Å²) in [6.45, 7) is 2.07. The zero-order chi connectivity index (χ0) is 22.3. The first-order chi connectivity index (χ1) is 14.9. The molecule has 0 bridgehead atoms. The van der Waals surface area contributed by atoms with Crippen molar-refractivity contribution >= 4 is 52.5 Å². The number of hydrogen-bond donors (Lipinski definition) is 1. The van der Waals surface area contributed by atoms with Gasteiger partial charge in [-0.1, -0.05) is 47.5 Å². The summed E-state index contributed by atoms with van der Waals surface area (Å²) in [5, 5.41) is 4.21. The van der Waals surface area contributed by atoms with Crippen LogP contribution in [0.4, 0.5) is 11.4 Å².